The minimum Gasteiger partial charge on any atom is -0.445 e. The summed E-state index contributed by atoms with van der Waals surface area (Å²) in [6.45, 7) is 3.10. The Labute approximate surface area is 48.8 Å². The van der Waals surface area contributed by atoms with Gasteiger partial charge in [-0.3, -0.25) is 4.79 Å². The number of ether oxygens (including phenoxy) is 1. The molecule has 0 spiro atoms. The Morgan fingerprint density at radius 3 is 2.50 bits per heavy atom. The number of rotatable bonds is 2. The molecule has 3 nitrogen and oxygen atoms in total. The Kier molecular flexibility index (Phi) is 3.19. The van der Waals surface area contributed by atoms with E-state index in [4.69, 9.17) is 5.73 Å². The van der Waals surface area contributed by atoms with Crippen molar-refractivity contribution in [3.05, 3.63) is 0 Å². The molecular formula is C5H10NO2. The van der Waals surface area contributed by atoms with Crippen molar-refractivity contribution in [3.8, 4) is 0 Å². The van der Waals surface area contributed by atoms with Crippen molar-refractivity contribution in [2.75, 3.05) is 0 Å². The summed E-state index contributed by atoms with van der Waals surface area (Å²) in [7, 11) is 0. The van der Waals surface area contributed by atoms with Crippen LogP contribution in [-0.2, 0) is 9.53 Å². The maximum absolute atomic E-state index is 10.1. The minimum atomic E-state index is -0.674. The Morgan fingerprint density at radius 1 is 1.88 bits per heavy atom. The standard InChI is InChI=1S/C5H10NO2/c1-3-5(6)8-4(2)7/h5-6H,3H2,1-2H3. The maximum Gasteiger partial charge on any atom is 0.304 e. The molecule has 0 amide bonds. The molecule has 0 aliphatic carbocycles. The van der Waals surface area contributed by atoms with Crippen molar-refractivity contribution in [1.82, 2.24) is 5.73 Å². The summed E-state index contributed by atoms with van der Waals surface area (Å²) >= 11 is 0. The van der Waals surface area contributed by atoms with Crippen molar-refractivity contribution in [3.63, 3.8) is 0 Å². The Hall–Kier alpha value is -0.570. The van der Waals surface area contributed by atoms with Gasteiger partial charge in [-0.05, 0) is 6.42 Å². The van der Waals surface area contributed by atoms with Gasteiger partial charge in [-0.15, -0.1) is 0 Å². The zero-order valence-electron chi connectivity index (χ0n) is 5.10. The van der Waals surface area contributed by atoms with Gasteiger partial charge in [0.25, 0.3) is 0 Å². The first kappa shape index (κ1) is 7.43. The molecule has 0 rings (SSSR count). The lowest BCUT2D eigenvalue weighted by atomic mass is 10.4. The van der Waals surface area contributed by atoms with Crippen molar-refractivity contribution >= 4 is 5.97 Å². The third-order valence-electron chi connectivity index (χ3n) is 0.679. The Balaban J connectivity index is 3.24. The first-order valence-electron chi connectivity index (χ1n) is 2.55. The van der Waals surface area contributed by atoms with Gasteiger partial charge in [0.15, 0.2) is 6.23 Å². The van der Waals surface area contributed by atoms with E-state index in [0.29, 0.717) is 6.42 Å². The molecule has 0 saturated heterocycles. The van der Waals surface area contributed by atoms with Crippen molar-refractivity contribution < 1.29 is 9.53 Å². The van der Waals surface area contributed by atoms with Crippen molar-refractivity contribution in [2.45, 2.75) is 26.5 Å². The predicted octanol–water partition coefficient (Wildman–Crippen LogP) is 0.569. The zero-order chi connectivity index (χ0) is 6.57. The van der Waals surface area contributed by atoms with Crippen LogP contribution in [0.25, 0.3) is 0 Å². The summed E-state index contributed by atoms with van der Waals surface area (Å²) < 4.78 is 4.43. The van der Waals surface area contributed by atoms with E-state index in [-0.39, 0.29) is 5.97 Å². The molecule has 1 unspecified atom stereocenters. The van der Waals surface area contributed by atoms with Gasteiger partial charge >= 0.3 is 5.97 Å². The summed E-state index contributed by atoms with van der Waals surface area (Å²) in [5, 5.41) is 0. The molecule has 1 radical (unpaired) electrons. The molecule has 0 aliphatic heterocycles. The van der Waals surface area contributed by atoms with Crippen LogP contribution in [0.5, 0.6) is 0 Å². The molecule has 0 fully saturated rings. The lowest BCUT2D eigenvalue weighted by Crippen LogP contribution is -2.15. The lowest BCUT2D eigenvalue weighted by molar-refractivity contribution is -0.146. The molecule has 0 aromatic rings. The van der Waals surface area contributed by atoms with Crippen LogP contribution in [0.3, 0.4) is 0 Å². The number of hydrogen-bond donors (Lipinski definition) is 0. The van der Waals surface area contributed by atoms with E-state index in [2.05, 4.69) is 4.74 Å². The van der Waals surface area contributed by atoms with Gasteiger partial charge in [0.05, 0.1) is 0 Å². The van der Waals surface area contributed by atoms with Crippen LogP contribution < -0.4 is 5.73 Å². The third-order valence-corrected chi connectivity index (χ3v) is 0.679. The molecule has 1 atom stereocenters. The molecular weight excluding hydrogens is 106 g/mol. The van der Waals surface area contributed by atoms with E-state index >= 15 is 0 Å². The number of carbonyl (C=O) groups is 1. The first-order chi connectivity index (χ1) is 3.66. The van der Waals surface area contributed by atoms with Crippen LogP contribution in [0.2, 0.25) is 0 Å². The Morgan fingerprint density at radius 2 is 2.38 bits per heavy atom. The van der Waals surface area contributed by atoms with Crippen LogP contribution in [0.4, 0.5) is 0 Å². The smallest absolute Gasteiger partial charge is 0.304 e. The van der Waals surface area contributed by atoms with Crippen LogP contribution >= 0.6 is 0 Å². The van der Waals surface area contributed by atoms with E-state index in [1.165, 1.54) is 6.92 Å². The lowest BCUT2D eigenvalue weighted by Gasteiger charge is -2.05. The van der Waals surface area contributed by atoms with Gasteiger partial charge in [0.2, 0.25) is 0 Å². The largest absolute Gasteiger partial charge is 0.445 e. The monoisotopic (exact) mass is 116 g/mol. The summed E-state index contributed by atoms with van der Waals surface area (Å²) in [4.78, 5) is 10.1. The fourth-order valence-corrected chi connectivity index (χ4v) is 0.284. The highest BCUT2D eigenvalue weighted by atomic mass is 16.5. The first-order valence-corrected chi connectivity index (χ1v) is 2.55. The second-order valence-electron chi connectivity index (χ2n) is 1.51. The Bertz CT molecular complexity index is 82.5. The van der Waals surface area contributed by atoms with Gasteiger partial charge in [-0.1, -0.05) is 6.92 Å². The summed E-state index contributed by atoms with van der Waals surface area (Å²) in [5.74, 6) is -0.383. The maximum atomic E-state index is 10.1. The molecule has 0 aliphatic rings. The summed E-state index contributed by atoms with van der Waals surface area (Å²) in [6, 6.07) is 0. The SMILES string of the molecule is CCC([NH])OC(C)=O. The normalized spacial score (nSPS) is 12.9. The summed E-state index contributed by atoms with van der Waals surface area (Å²) in [6.07, 6.45) is -0.118. The predicted molar refractivity (Wildman–Crippen MR) is 28.9 cm³/mol. The van der Waals surface area contributed by atoms with E-state index < -0.39 is 6.23 Å². The highest BCUT2D eigenvalue weighted by molar-refractivity contribution is 5.66. The van der Waals surface area contributed by atoms with Gasteiger partial charge in [0, 0.05) is 6.92 Å². The van der Waals surface area contributed by atoms with Gasteiger partial charge in [0.1, 0.15) is 0 Å². The van der Waals surface area contributed by atoms with Crippen molar-refractivity contribution in [1.29, 1.82) is 0 Å². The molecule has 0 bridgehead atoms. The van der Waals surface area contributed by atoms with E-state index in [9.17, 15) is 4.79 Å². The molecule has 0 aromatic heterocycles. The van der Waals surface area contributed by atoms with Crippen molar-refractivity contribution in [2.24, 2.45) is 0 Å². The number of hydrogen-bond acceptors (Lipinski definition) is 2. The van der Waals surface area contributed by atoms with Crippen LogP contribution in [-0.4, -0.2) is 12.2 Å². The van der Waals surface area contributed by atoms with E-state index in [1.54, 1.807) is 6.92 Å². The highest BCUT2D eigenvalue weighted by Gasteiger charge is 2.00. The zero-order valence-corrected chi connectivity index (χ0v) is 5.10. The van der Waals surface area contributed by atoms with Gasteiger partial charge in [-0.25, -0.2) is 5.73 Å². The fourth-order valence-electron chi connectivity index (χ4n) is 0.284. The molecule has 3 heteroatoms. The number of nitrogens with one attached hydrogen (secondary N) is 1. The quantitative estimate of drug-likeness (QED) is 0.495. The molecule has 0 saturated carbocycles. The molecule has 0 heterocycles. The van der Waals surface area contributed by atoms with E-state index in [1.807, 2.05) is 0 Å². The molecule has 0 aromatic carbocycles. The molecule has 47 valence electrons. The fraction of sp³-hybridized carbons (Fsp3) is 0.800. The molecule has 1 N–H and O–H groups in total. The number of esters is 1. The second-order valence-corrected chi connectivity index (χ2v) is 1.51. The average Bonchev–Trinajstić information content (AvgIpc) is 1.65. The second kappa shape index (κ2) is 3.43. The van der Waals surface area contributed by atoms with Gasteiger partial charge in [-0.2, -0.15) is 0 Å². The summed E-state index contributed by atoms with van der Waals surface area (Å²) in [5.41, 5.74) is 6.91. The topological polar surface area (TPSA) is 50.1 Å². The van der Waals surface area contributed by atoms with Crippen LogP contribution in [0, 0.1) is 0 Å². The van der Waals surface area contributed by atoms with Crippen LogP contribution in [0.15, 0.2) is 0 Å². The highest BCUT2D eigenvalue weighted by Crippen LogP contribution is 1.89. The average molecular weight is 116 g/mol. The molecule has 8 heavy (non-hydrogen) atoms. The number of carbonyl (C=O) groups excluding carboxylic acids is 1. The van der Waals surface area contributed by atoms with Gasteiger partial charge < -0.3 is 4.74 Å². The third kappa shape index (κ3) is 3.61. The van der Waals surface area contributed by atoms with E-state index in [0.717, 1.165) is 0 Å². The van der Waals surface area contributed by atoms with Crippen LogP contribution in [0.1, 0.15) is 20.3 Å². The minimum absolute atomic E-state index is 0.383.